The molecule has 2 unspecified atom stereocenters. The van der Waals surface area contributed by atoms with E-state index in [9.17, 15) is 0 Å². The molecule has 62 heavy (non-hydrogen) atoms. The number of hydrogen-bond acceptors (Lipinski definition) is 3. The van der Waals surface area contributed by atoms with E-state index in [2.05, 4.69) is 157 Å². The Morgan fingerprint density at radius 2 is 1.24 bits per heavy atom. The minimum atomic E-state index is -0.0617. The molecule has 4 heterocycles. The SMILES string of the molecule is CC(C)(C)c1cc2c3c(c1)N1c4c(cccc4C4(C)CCCCC14C)B3c1oc3cc4c(cc3c1N2c1cccc2c1-c1ccccc1C21CCCCC1)C(C)(C)CCC4(C)C. The largest absolute Gasteiger partial charge is 0.468 e. The summed E-state index contributed by atoms with van der Waals surface area (Å²) in [5.41, 5.74) is 23.8. The van der Waals surface area contributed by atoms with Crippen LogP contribution in [0.2, 0.25) is 0 Å². The summed E-state index contributed by atoms with van der Waals surface area (Å²) in [5, 5.41) is 1.26. The summed E-state index contributed by atoms with van der Waals surface area (Å²) in [4.78, 5) is 5.64. The first-order valence-corrected chi connectivity index (χ1v) is 24.4. The van der Waals surface area contributed by atoms with Gasteiger partial charge in [0, 0.05) is 38.8 Å². The van der Waals surface area contributed by atoms with Crippen molar-refractivity contribution in [3.63, 3.8) is 0 Å². The summed E-state index contributed by atoms with van der Waals surface area (Å²) in [6.07, 6.45) is 13.7. The zero-order valence-electron chi connectivity index (χ0n) is 38.7. The number of furan rings is 1. The predicted molar refractivity (Wildman–Crippen MR) is 262 cm³/mol. The van der Waals surface area contributed by atoms with Gasteiger partial charge in [0.05, 0.1) is 22.6 Å². The van der Waals surface area contributed by atoms with Crippen LogP contribution in [0.1, 0.15) is 166 Å². The molecule has 1 spiro atoms. The zero-order chi connectivity index (χ0) is 42.5. The van der Waals surface area contributed by atoms with Crippen molar-refractivity contribution in [2.45, 2.75) is 166 Å². The summed E-state index contributed by atoms with van der Waals surface area (Å²) < 4.78 is 7.68. The maximum absolute atomic E-state index is 7.68. The van der Waals surface area contributed by atoms with Gasteiger partial charge in [0.25, 0.3) is 6.71 Å². The Kier molecular flexibility index (Phi) is 7.26. The van der Waals surface area contributed by atoms with Gasteiger partial charge in [0.1, 0.15) is 5.58 Å². The van der Waals surface area contributed by atoms with E-state index in [0.29, 0.717) is 0 Å². The van der Waals surface area contributed by atoms with Crippen LogP contribution in [0.5, 0.6) is 0 Å². The lowest BCUT2D eigenvalue weighted by Gasteiger charge is -2.52. The van der Waals surface area contributed by atoms with E-state index in [-0.39, 0.29) is 39.3 Å². The number of benzene rings is 5. The predicted octanol–water partition coefficient (Wildman–Crippen LogP) is 13.7. The molecule has 7 aliphatic rings. The van der Waals surface area contributed by atoms with E-state index in [0.717, 1.165) is 11.2 Å². The van der Waals surface area contributed by atoms with Gasteiger partial charge in [-0.1, -0.05) is 142 Å². The second kappa shape index (κ2) is 11.9. The van der Waals surface area contributed by atoms with Crippen molar-refractivity contribution in [3.8, 4) is 11.1 Å². The fourth-order valence-electron chi connectivity index (χ4n) is 14.9. The Hall–Kier alpha value is -4.70. The standard InChI is InChI=1S/C58H63BN2O/c1-53(2,3)35-31-45-49-46(32-35)61-51-40(56(8)25-15-16-26-57(56,61)9)22-17-23-43(51)59(49)52-50(37-33-41-42(34-47(37)62-52)55(6,7)30-29-54(41,4)5)60(45)44-24-18-21-39-48(44)36-19-11-12-20-38(36)58(39)27-13-10-14-28-58/h11-12,17-24,31-34H,10,13-16,25-30H2,1-9H3. The quantitative estimate of drug-likeness (QED) is 0.154. The lowest BCUT2D eigenvalue weighted by Crippen LogP contribution is -2.64. The highest BCUT2D eigenvalue weighted by molar-refractivity contribution is 7.00. The van der Waals surface area contributed by atoms with Crippen molar-refractivity contribution in [2.24, 2.45) is 0 Å². The molecule has 0 saturated heterocycles. The fourth-order valence-corrected chi connectivity index (χ4v) is 14.9. The van der Waals surface area contributed by atoms with E-state index >= 15 is 0 Å². The molecule has 4 heteroatoms. The van der Waals surface area contributed by atoms with Crippen molar-refractivity contribution >= 4 is 62.7 Å². The van der Waals surface area contributed by atoms with Crippen LogP contribution in [0.4, 0.5) is 28.4 Å². The van der Waals surface area contributed by atoms with E-state index < -0.39 is 0 Å². The van der Waals surface area contributed by atoms with Gasteiger partial charge in [-0.25, -0.2) is 0 Å². The molecule has 314 valence electrons. The van der Waals surface area contributed by atoms with Crippen molar-refractivity contribution in [3.05, 3.63) is 118 Å². The molecule has 1 aromatic heterocycles. The molecule has 2 atom stereocenters. The Labute approximate surface area is 370 Å². The molecule has 5 aromatic carbocycles. The van der Waals surface area contributed by atoms with Crippen LogP contribution in [0.3, 0.4) is 0 Å². The van der Waals surface area contributed by atoms with E-state index in [1.807, 2.05) is 0 Å². The maximum atomic E-state index is 7.68. The minimum Gasteiger partial charge on any atom is -0.468 e. The number of rotatable bonds is 1. The molecule has 0 N–H and O–H groups in total. The van der Waals surface area contributed by atoms with Crippen molar-refractivity contribution < 1.29 is 4.42 Å². The van der Waals surface area contributed by atoms with E-state index in [1.165, 1.54) is 149 Å². The normalized spacial score (nSPS) is 25.2. The van der Waals surface area contributed by atoms with Crippen LogP contribution >= 0.6 is 0 Å². The summed E-state index contributed by atoms with van der Waals surface area (Å²) >= 11 is 0. The third-order valence-electron chi connectivity index (χ3n) is 18.6. The van der Waals surface area contributed by atoms with Gasteiger partial charge in [0.2, 0.25) is 0 Å². The third-order valence-corrected chi connectivity index (χ3v) is 18.6. The fraction of sp³-hybridized carbons (Fsp3) is 0.448. The molecular formula is C58H63BN2O. The zero-order valence-corrected chi connectivity index (χ0v) is 38.7. The number of para-hydroxylation sites is 1. The first-order chi connectivity index (χ1) is 29.6. The van der Waals surface area contributed by atoms with E-state index in [4.69, 9.17) is 4.42 Å². The number of nitrogens with zero attached hydrogens (tertiary/aromatic N) is 2. The first-order valence-electron chi connectivity index (χ1n) is 24.4. The first kappa shape index (κ1) is 37.8. The summed E-state index contributed by atoms with van der Waals surface area (Å²) in [5.74, 6) is 0. The van der Waals surface area contributed by atoms with Gasteiger partial charge >= 0.3 is 0 Å². The molecule has 0 radical (unpaired) electrons. The molecular weight excluding hydrogens is 751 g/mol. The number of fused-ring (bicyclic) bond motifs is 15. The van der Waals surface area contributed by atoms with Crippen LogP contribution in [0, 0.1) is 0 Å². The van der Waals surface area contributed by atoms with Crippen LogP contribution in [-0.2, 0) is 27.1 Å². The van der Waals surface area contributed by atoms with Crippen LogP contribution < -0.4 is 26.4 Å². The highest BCUT2D eigenvalue weighted by atomic mass is 16.3. The average Bonchev–Trinajstić information content (AvgIpc) is 3.83. The van der Waals surface area contributed by atoms with Crippen molar-refractivity contribution in [2.75, 3.05) is 9.80 Å². The molecule has 13 rings (SSSR count). The van der Waals surface area contributed by atoms with Crippen molar-refractivity contribution in [1.29, 1.82) is 0 Å². The van der Waals surface area contributed by atoms with Gasteiger partial charge in [-0.2, -0.15) is 0 Å². The lowest BCUT2D eigenvalue weighted by atomic mass is 9.35. The highest BCUT2D eigenvalue weighted by Crippen LogP contribution is 2.64. The van der Waals surface area contributed by atoms with Crippen LogP contribution in [-0.4, -0.2) is 12.3 Å². The van der Waals surface area contributed by atoms with Gasteiger partial charge in [-0.3, -0.25) is 0 Å². The Morgan fingerprint density at radius 1 is 0.581 bits per heavy atom. The Balaban J connectivity index is 1.19. The molecule has 0 amide bonds. The Bertz CT molecular complexity index is 2950. The molecule has 2 saturated carbocycles. The van der Waals surface area contributed by atoms with Crippen molar-refractivity contribution in [1.82, 2.24) is 0 Å². The minimum absolute atomic E-state index is 0.0157. The summed E-state index contributed by atoms with van der Waals surface area (Å²) in [6.45, 7) is 22.3. The molecule has 4 aliphatic carbocycles. The number of anilines is 5. The molecule has 2 fully saturated rings. The topological polar surface area (TPSA) is 19.6 Å². The van der Waals surface area contributed by atoms with Gasteiger partial charge in [-0.05, 0) is 142 Å². The molecule has 6 aromatic rings. The van der Waals surface area contributed by atoms with Crippen LogP contribution in [0.15, 0.2) is 89.3 Å². The van der Waals surface area contributed by atoms with Crippen LogP contribution in [0.25, 0.3) is 22.1 Å². The lowest BCUT2D eigenvalue weighted by molar-refractivity contribution is 0.195. The average molecular weight is 815 g/mol. The summed E-state index contributed by atoms with van der Waals surface area (Å²) in [6, 6.07) is 34.5. The molecule has 0 bridgehead atoms. The summed E-state index contributed by atoms with van der Waals surface area (Å²) in [7, 11) is 0. The van der Waals surface area contributed by atoms with E-state index in [1.54, 1.807) is 11.1 Å². The maximum Gasteiger partial charge on any atom is 0.297 e. The second-order valence-electron chi connectivity index (χ2n) is 23.7. The third kappa shape index (κ3) is 4.46. The van der Waals surface area contributed by atoms with Gasteiger partial charge < -0.3 is 14.2 Å². The highest BCUT2D eigenvalue weighted by Gasteiger charge is 2.62. The second-order valence-corrected chi connectivity index (χ2v) is 23.7. The molecule has 3 nitrogen and oxygen atoms in total. The number of hydrogen-bond donors (Lipinski definition) is 0. The Morgan fingerprint density at radius 3 is 2.02 bits per heavy atom. The van der Waals surface area contributed by atoms with Gasteiger partial charge in [-0.15, -0.1) is 0 Å². The monoisotopic (exact) mass is 815 g/mol. The van der Waals surface area contributed by atoms with Gasteiger partial charge in [0.15, 0.2) is 0 Å². The molecule has 3 aliphatic heterocycles. The smallest absolute Gasteiger partial charge is 0.297 e.